The Hall–Kier alpha value is -3.27. The van der Waals surface area contributed by atoms with Gasteiger partial charge in [-0.15, -0.1) is 0 Å². The monoisotopic (exact) mass is 411 g/mol. The summed E-state index contributed by atoms with van der Waals surface area (Å²) in [7, 11) is 0. The molecular weight excluding hydrogens is 386 g/mol. The Morgan fingerprint density at radius 1 is 1.20 bits per heavy atom. The maximum Gasteiger partial charge on any atom is 0.322 e. The van der Waals surface area contributed by atoms with Gasteiger partial charge < -0.3 is 14.6 Å². The van der Waals surface area contributed by atoms with E-state index in [0.29, 0.717) is 30.9 Å². The smallest absolute Gasteiger partial charge is 0.322 e. The molecule has 158 valence electrons. The van der Waals surface area contributed by atoms with Crippen LogP contribution in [0.2, 0.25) is 0 Å². The van der Waals surface area contributed by atoms with Crippen molar-refractivity contribution in [3.05, 3.63) is 48.4 Å². The van der Waals surface area contributed by atoms with Crippen molar-refractivity contribution in [2.24, 2.45) is 5.92 Å². The lowest BCUT2D eigenvalue weighted by molar-refractivity contribution is 0.0506. The van der Waals surface area contributed by atoms with Crippen LogP contribution < -0.4 is 10.6 Å². The molecule has 0 radical (unpaired) electrons. The van der Waals surface area contributed by atoms with Crippen molar-refractivity contribution in [3.63, 3.8) is 0 Å². The molecule has 2 aromatic heterocycles. The minimum atomic E-state index is -0.416. The average Bonchev–Trinajstić information content (AvgIpc) is 3.43. The quantitative estimate of drug-likeness (QED) is 0.639. The zero-order valence-electron chi connectivity index (χ0n) is 17.0. The highest BCUT2D eigenvalue weighted by molar-refractivity contribution is 5.87. The molecule has 0 aliphatic carbocycles. The molecule has 2 amide bonds. The minimum Gasteiger partial charge on any atom is -0.381 e. The molecule has 1 fully saturated rings. The predicted octanol–water partition coefficient (Wildman–Crippen LogP) is 3.06. The van der Waals surface area contributed by atoms with E-state index in [1.807, 2.05) is 44.2 Å². The minimum absolute atomic E-state index is 0.135. The highest BCUT2D eigenvalue weighted by Crippen LogP contribution is 2.30. The summed E-state index contributed by atoms with van der Waals surface area (Å²) < 4.78 is 12.5. The van der Waals surface area contributed by atoms with Crippen LogP contribution >= 0.6 is 0 Å². The topological polar surface area (TPSA) is 120 Å². The first-order valence-corrected chi connectivity index (χ1v) is 10.1. The molecule has 30 heavy (non-hydrogen) atoms. The molecule has 1 aliphatic heterocycles. The van der Waals surface area contributed by atoms with Crippen LogP contribution in [0.25, 0.3) is 5.69 Å². The largest absolute Gasteiger partial charge is 0.381 e. The molecule has 0 spiro atoms. The van der Waals surface area contributed by atoms with Gasteiger partial charge in [-0.25, -0.2) is 4.79 Å². The number of urea groups is 1. The molecule has 1 atom stereocenters. The zero-order valence-corrected chi connectivity index (χ0v) is 17.0. The number of carbonyl (C=O) groups excluding carboxylic acids is 1. The number of hydrogen-bond donors (Lipinski definition) is 2. The molecular formula is C20H25N7O3. The summed E-state index contributed by atoms with van der Waals surface area (Å²) >= 11 is 0. The molecule has 1 saturated heterocycles. The van der Waals surface area contributed by atoms with E-state index in [1.54, 1.807) is 4.68 Å². The van der Waals surface area contributed by atoms with Crippen molar-refractivity contribution >= 4 is 12.0 Å². The van der Waals surface area contributed by atoms with Crippen LogP contribution in [0.4, 0.5) is 10.7 Å². The van der Waals surface area contributed by atoms with Crippen molar-refractivity contribution in [2.75, 3.05) is 18.5 Å². The molecule has 10 heteroatoms. The lowest BCUT2D eigenvalue weighted by Crippen LogP contribution is -2.39. The maximum absolute atomic E-state index is 12.8. The lowest BCUT2D eigenvalue weighted by Gasteiger charge is -2.28. The molecule has 0 saturated carbocycles. The number of para-hydroxylation sites is 1. The molecule has 10 nitrogen and oxygen atoms in total. The second kappa shape index (κ2) is 9.04. The van der Waals surface area contributed by atoms with Gasteiger partial charge in [-0.1, -0.05) is 37.2 Å². The third-order valence-electron chi connectivity index (χ3n) is 5.04. The van der Waals surface area contributed by atoms with Gasteiger partial charge in [0.25, 0.3) is 0 Å². The third kappa shape index (κ3) is 4.48. The summed E-state index contributed by atoms with van der Waals surface area (Å²) in [5.41, 5.74) is 0.796. The standard InChI is InChI=1S/C20H25N7O3/c1-13(2)17-24-18(30-26-17)16(14-8-10-29-11-9-14)23-20(28)25-19-21-12-22-27(19)15-6-4-3-5-7-15/h3-7,12-14,16H,8-11H2,1-2H3,(H2,21,22,23,25,28)/t16-/m1/s1. The van der Waals surface area contributed by atoms with Crippen molar-refractivity contribution in [1.82, 2.24) is 30.2 Å². The number of rotatable bonds is 6. The van der Waals surface area contributed by atoms with Crippen LogP contribution in [-0.2, 0) is 4.74 Å². The van der Waals surface area contributed by atoms with Crippen LogP contribution in [0.5, 0.6) is 0 Å². The molecule has 2 N–H and O–H groups in total. The summed E-state index contributed by atoms with van der Waals surface area (Å²) in [4.78, 5) is 21.5. The molecule has 0 bridgehead atoms. The van der Waals surface area contributed by atoms with Crippen LogP contribution in [0.1, 0.15) is 50.4 Å². The van der Waals surface area contributed by atoms with E-state index in [1.165, 1.54) is 6.33 Å². The van der Waals surface area contributed by atoms with E-state index >= 15 is 0 Å². The summed E-state index contributed by atoms with van der Waals surface area (Å²) in [6, 6.07) is 8.63. The Kier molecular flexibility index (Phi) is 6.03. The van der Waals surface area contributed by atoms with Crippen LogP contribution in [0, 0.1) is 5.92 Å². The maximum atomic E-state index is 12.8. The van der Waals surface area contributed by atoms with Gasteiger partial charge in [-0.2, -0.15) is 19.7 Å². The number of carbonyl (C=O) groups is 1. The fourth-order valence-electron chi connectivity index (χ4n) is 3.40. The molecule has 3 heterocycles. The second-order valence-corrected chi connectivity index (χ2v) is 7.50. The van der Waals surface area contributed by atoms with E-state index in [2.05, 4.69) is 30.9 Å². The van der Waals surface area contributed by atoms with Gasteiger partial charge in [0.1, 0.15) is 12.4 Å². The van der Waals surface area contributed by atoms with Gasteiger partial charge in [0.2, 0.25) is 11.8 Å². The van der Waals surface area contributed by atoms with E-state index in [9.17, 15) is 4.79 Å². The fraction of sp³-hybridized carbons (Fsp3) is 0.450. The van der Waals surface area contributed by atoms with Crippen LogP contribution in [0.3, 0.4) is 0 Å². The van der Waals surface area contributed by atoms with Gasteiger partial charge in [0.15, 0.2) is 5.82 Å². The van der Waals surface area contributed by atoms with Gasteiger partial charge in [-0.05, 0) is 30.9 Å². The Balaban J connectivity index is 1.51. The normalized spacial score (nSPS) is 15.8. The lowest BCUT2D eigenvalue weighted by atomic mass is 9.91. The first-order valence-electron chi connectivity index (χ1n) is 10.1. The number of hydrogen-bond acceptors (Lipinski definition) is 7. The van der Waals surface area contributed by atoms with Crippen molar-refractivity contribution in [1.29, 1.82) is 0 Å². The Morgan fingerprint density at radius 2 is 1.97 bits per heavy atom. The van der Waals surface area contributed by atoms with Gasteiger partial charge in [-0.3, -0.25) is 5.32 Å². The average molecular weight is 411 g/mol. The summed E-state index contributed by atoms with van der Waals surface area (Å²) in [5.74, 6) is 1.62. The van der Waals surface area contributed by atoms with Crippen LogP contribution in [0.15, 0.2) is 41.2 Å². The van der Waals surface area contributed by atoms with Crippen molar-refractivity contribution in [2.45, 2.75) is 38.6 Å². The zero-order chi connectivity index (χ0) is 20.9. The van der Waals surface area contributed by atoms with E-state index < -0.39 is 12.1 Å². The van der Waals surface area contributed by atoms with Crippen LogP contribution in [-0.4, -0.2) is 44.1 Å². The number of anilines is 1. The number of amides is 2. The van der Waals surface area contributed by atoms with Gasteiger partial charge >= 0.3 is 6.03 Å². The Bertz CT molecular complexity index is 964. The number of aromatic nitrogens is 5. The fourth-order valence-corrected chi connectivity index (χ4v) is 3.40. The molecule has 0 unspecified atom stereocenters. The number of benzene rings is 1. The highest BCUT2D eigenvalue weighted by Gasteiger charge is 2.32. The molecule has 3 aromatic rings. The summed E-state index contributed by atoms with van der Waals surface area (Å²) in [6.07, 6.45) is 2.99. The second-order valence-electron chi connectivity index (χ2n) is 7.50. The number of nitrogens with one attached hydrogen (secondary N) is 2. The van der Waals surface area contributed by atoms with Gasteiger partial charge in [0, 0.05) is 19.1 Å². The first-order chi connectivity index (χ1) is 14.6. The van der Waals surface area contributed by atoms with E-state index in [4.69, 9.17) is 9.26 Å². The van der Waals surface area contributed by atoms with Gasteiger partial charge in [0.05, 0.1) is 5.69 Å². The highest BCUT2D eigenvalue weighted by atomic mass is 16.5. The van der Waals surface area contributed by atoms with Crippen molar-refractivity contribution in [3.8, 4) is 5.69 Å². The Labute approximate surface area is 174 Å². The summed E-state index contributed by atoms with van der Waals surface area (Å²) in [5, 5.41) is 14.0. The molecule has 1 aromatic carbocycles. The van der Waals surface area contributed by atoms with E-state index in [-0.39, 0.29) is 11.8 Å². The third-order valence-corrected chi connectivity index (χ3v) is 5.04. The molecule has 1 aliphatic rings. The number of nitrogens with zero attached hydrogens (tertiary/aromatic N) is 5. The first kappa shape index (κ1) is 20.0. The number of ether oxygens (including phenoxy) is 1. The van der Waals surface area contributed by atoms with E-state index in [0.717, 1.165) is 18.5 Å². The summed E-state index contributed by atoms with van der Waals surface area (Å²) in [6.45, 7) is 5.26. The Morgan fingerprint density at radius 3 is 2.67 bits per heavy atom. The SMILES string of the molecule is CC(C)c1noc([C@H](NC(=O)Nc2ncnn2-c2ccccc2)C2CCOCC2)n1. The predicted molar refractivity (Wildman–Crippen MR) is 108 cm³/mol. The van der Waals surface area contributed by atoms with Crippen molar-refractivity contribution < 1.29 is 14.1 Å². The molecule has 4 rings (SSSR count).